The first-order valence-electron chi connectivity index (χ1n) is 12.6. The van der Waals surface area contributed by atoms with Crippen molar-refractivity contribution in [2.45, 2.75) is 69.6 Å². The molecule has 1 saturated heterocycles. The Bertz CT molecular complexity index is 984. The lowest BCUT2D eigenvalue weighted by molar-refractivity contribution is -0.153. The number of thioether (sulfide) groups is 1. The quantitative estimate of drug-likeness (QED) is 0.477. The van der Waals surface area contributed by atoms with Crippen molar-refractivity contribution in [3.05, 3.63) is 35.5 Å². The van der Waals surface area contributed by atoms with Gasteiger partial charge in [-0.2, -0.15) is 11.8 Å². The molecule has 6 nitrogen and oxygen atoms in total. The molecule has 7 heteroatoms. The first kappa shape index (κ1) is 25.3. The molecule has 0 radical (unpaired) electrons. The summed E-state index contributed by atoms with van der Waals surface area (Å²) in [6.45, 7) is 4.63. The van der Waals surface area contributed by atoms with Crippen LogP contribution < -0.4 is 4.74 Å². The third-order valence-electron chi connectivity index (χ3n) is 7.88. The zero-order chi connectivity index (χ0) is 24.1. The Morgan fingerprint density at radius 1 is 1.29 bits per heavy atom. The molecule has 1 aliphatic heterocycles. The highest BCUT2D eigenvalue weighted by Crippen LogP contribution is 2.40. The number of pyridine rings is 1. The predicted molar refractivity (Wildman–Crippen MR) is 138 cm³/mol. The molecule has 1 aromatic carbocycles. The topological polar surface area (TPSA) is 82.9 Å². The third kappa shape index (κ3) is 5.69. The summed E-state index contributed by atoms with van der Waals surface area (Å²) in [5.74, 6) is 1.13. The lowest BCUT2D eigenvalue weighted by Crippen LogP contribution is -2.45. The minimum atomic E-state index is -0.759. The highest BCUT2D eigenvalue weighted by Gasteiger charge is 2.41. The van der Waals surface area contributed by atoms with Gasteiger partial charge >= 0.3 is 5.97 Å². The van der Waals surface area contributed by atoms with Crippen LogP contribution in [0.2, 0.25) is 0 Å². The molecule has 2 aliphatic rings. The fourth-order valence-electron chi connectivity index (χ4n) is 5.60. The molecule has 1 aromatic heterocycles. The molecule has 2 fully saturated rings. The molecule has 2 aromatic rings. The number of carbonyl (C=O) groups is 1. The molecule has 2 heterocycles. The normalized spacial score (nSPS) is 20.0. The van der Waals surface area contributed by atoms with Crippen LogP contribution >= 0.6 is 11.8 Å². The van der Waals surface area contributed by atoms with Crippen LogP contribution in [-0.2, 0) is 4.79 Å². The van der Waals surface area contributed by atoms with E-state index >= 15 is 0 Å². The van der Waals surface area contributed by atoms with E-state index in [1.165, 1.54) is 25.7 Å². The molecule has 0 amide bonds. The number of methoxy groups -OCH3 is 1. The van der Waals surface area contributed by atoms with E-state index in [-0.39, 0.29) is 0 Å². The van der Waals surface area contributed by atoms with Gasteiger partial charge < -0.3 is 19.8 Å². The standard InChI is InChI=1S/C27H38N2O4S/c1-19-18-28-23-8-7-20(33-2)17-22(23)25(19)24(30)9-10-27(26(31)32)11-13-29(14-12-27)15-16-34-21-5-3-4-6-21/h7-8,17-18,21,24,30H,3-6,9-16H2,1-2H3,(H,31,32)/t24-/m1/s1. The molecule has 1 atom stereocenters. The number of carboxylic acids is 1. The number of hydrogen-bond donors (Lipinski definition) is 2. The Kier molecular flexibility index (Phi) is 8.38. The second kappa shape index (κ2) is 11.3. The number of rotatable bonds is 10. The van der Waals surface area contributed by atoms with Gasteiger partial charge in [-0.25, -0.2) is 0 Å². The summed E-state index contributed by atoms with van der Waals surface area (Å²) in [5, 5.41) is 23.0. The minimum absolute atomic E-state index is 0.418. The van der Waals surface area contributed by atoms with Crippen LogP contribution in [0.4, 0.5) is 0 Å². The van der Waals surface area contributed by atoms with Gasteiger partial charge in [-0.15, -0.1) is 0 Å². The van der Waals surface area contributed by atoms with Gasteiger partial charge in [0.1, 0.15) is 5.75 Å². The summed E-state index contributed by atoms with van der Waals surface area (Å²) in [7, 11) is 1.62. The number of piperidine rings is 1. The van der Waals surface area contributed by atoms with Gasteiger partial charge in [-0.1, -0.05) is 12.8 Å². The summed E-state index contributed by atoms with van der Waals surface area (Å²) >= 11 is 2.10. The van der Waals surface area contributed by atoms with Crippen LogP contribution in [-0.4, -0.2) is 63.8 Å². The highest BCUT2D eigenvalue weighted by molar-refractivity contribution is 7.99. The Labute approximate surface area is 207 Å². The maximum atomic E-state index is 12.4. The molecule has 4 rings (SSSR count). The van der Waals surface area contributed by atoms with Crippen molar-refractivity contribution in [2.75, 3.05) is 32.5 Å². The SMILES string of the molecule is COc1ccc2ncc(C)c([C@H](O)CCC3(C(=O)O)CCN(CCSC4CCCC4)CC3)c2c1. The Balaban J connectivity index is 1.37. The lowest BCUT2D eigenvalue weighted by Gasteiger charge is -2.39. The zero-order valence-electron chi connectivity index (χ0n) is 20.5. The summed E-state index contributed by atoms with van der Waals surface area (Å²) in [6, 6.07) is 5.66. The number of nitrogens with zero attached hydrogens (tertiary/aromatic N) is 2. The van der Waals surface area contributed by atoms with Crippen molar-refractivity contribution in [3.63, 3.8) is 0 Å². The average Bonchev–Trinajstić information content (AvgIpc) is 3.36. The van der Waals surface area contributed by atoms with Gasteiger partial charge in [0.05, 0.1) is 24.1 Å². The number of aliphatic hydroxyl groups excluding tert-OH is 1. The van der Waals surface area contributed by atoms with Gasteiger partial charge in [0, 0.05) is 29.1 Å². The number of carboxylic acid groups (broad SMARTS) is 1. The average molecular weight is 487 g/mol. The van der Waals surface area contributed by atoms with Crippen molar-refractivity contribution in [3.8, 4) is 5.75 Å². The van der Waals surface area contributed by atoms with Crippen LogP contribution in [0.5, 0.6) is 5.75 Å². The van der Waals surface area contributed by atoms with E-state index < -0.39 is 17.5 Å². The molecule has 1 aliphatic carbocycles. The first-order chi connectivity index (χ1) is 16.4. The molecular formula is C27H38N2O4S. The number of fused-ring (bicyclic) bond motifs is 1. The lowest BCUT2D eigenvalue weighted by atomic mass is 9.74. The Morgan fingerprint density at radius 3 is 2.71 bits per heavy atom. The second-order valence-corrected chi connectivity index (χ2v) is 11.4. The van der Waals surface area contributed by atoms with E-state index in [0.29, 0.717) is 31.4 Å². The maximum Gasteiger partial charge on any atom is 0.309 e. The van der Waals surface area contributed by atoms with Crippen molar-refractivity contribution >= 4 is 28.6 Å². The smallest absolute Gasteiger partial charge is 0.309 e. The number of aromatic nitrogens is 1. The highest BCUT2D eigenvalue weighted by atomic mass is 32.2. The molecule has 34 heavy (non-hydrogen) atoms. The van der Waals surface area contributed by atoms with E-state index in [0.717, 1.165) is 52.7 Å². The summed E-state index contributed by atoms with van der Waals surface area (Å²) < 4.78 is 5.37. The monoisotopic (exact) mass is 486 g/mol. The summed E-state index contributed by atoms with van der Waals surface area (Å²) in [5.41, 5.74) is 1.78. The molecule has 0 unspecified atom stereocenters. The van der Waals surface area contributed by atoms with Crippen LogP contribution in [0.15, 0.2) is 24.4 Å². The molecule has 186 valence electrons. The van der Waals surface area contributed by atoms with Crippen molar-refractivity contribution in [1.29, 1.82) is 0 Å². The largest absolute Gasteiger partial charge is 0.497 e. The minimum Gasteiger partial charge on any atom is -0.497 e. The fourth-order valence-corrected chi connectivity index (χ4v) is 6.96. The van der Waals surface area contributed by atoms with Crippen LogP contribution in [0.1, 0.15) is 68.6 Å². The maximum absolute atomic E-state index is 12.4. The zero-order valence-corrected chi connectivity index (χ0v) is 21.3. The van der Waals surface area contributed by atoms with Gasteiger partial charge in [-0.05, 0) is 87.9 Å². The number of ether oxygens (including phenoxy) is 1. The third-order valence-corrected chi connectivity index (χ3v) is 9.24. The van der Waals surface area contributed by atoms with Gasteiger partial charge in [0.15, 0.2) is 0 Å². The number of aryl methyl sites for hydroxylation is 1. The van der Waals surface area contributed by atoms with E-state index in [2.05, 4.69) is 21.6 Å². The van der Waals surface area contributed by atoms with E-state index in [9.17, 15) is 15.0 Å². The van der Waals surface area contributed by atoms with E-state index in [1.807, 2.05) is 25.1 Å². The first-order valence-corrected chi connectivity index (χ1v) is 13.7. The number of likely N-dealkylation sites (tertiary alicyclic amines) is 1. The van der Waals surface area contributed by atoms with Crippen molar-refractivity contribution in [1.82, 2.24) is 9.88 Å². The van der Waals surface area contributed by atoms with Gasteiger partial charge in [0.2, 0.25) is 0 Å². The molecule has 2 N–H and O–H groups in total. The number of aliphatic carboxylic acids is 1. The van der Waals surface area contributed by atoms with Gasteiger partial charge in [-0.3, -0.25) is 9.78 Å². The molecular weight excluding hydrogens is 448 g/mol. The summed E-state index contributed by atoms with van der Waals surface area (Å²) in [6.07, 6.45) is 8.68. The van der Waals surface area contributed by atoms with E-state index in [1.54, 1.807) is 13.3 Å². The number of aliphatic hydroxyl groups is 1. The predicted octanol–water partition coefficient (Wildman–Crippen LogP) is 5.21. The fraction of sp³-hybridized carbons (Fsp3) is 0.630. The van der Waals surface area contributed by atoms with Crippen LogP contribution in [0, 0.1) is 12.3 Å². The molecule has 1 saturated carbocycles. The van der Waals surface area contributed by atoms with Crippen LogP contribution in [0.3, 0.4) is 0 Å². The number of benzene rings is 1. The van der Waals surface area contributed by atoms with E-state index in [4.69, 9.17) is 4.74 Å². The Hall–Kier alpha value is -1.83. The van der Waals surface area contributed by atoms with Crippen molar-refractivity contribution in [2.24, 2.45) is 5.41 Å². The van der Waals surface area contributed by atoms with Gasteiger partial charge in [0.25, 0.3) is 0 Å². The molecule has 0 bridgehead atoms. The Morgan fingerprint density at radius 2 is 2.03 bits per heavy atom. The number of hydrogen-bond acceptors (Lipinski definition) is 6. The summed E-state index contributed by atoms with van der Waals surface area (Å²) in [4.78, 5) is 19.3. The van der Waals surface area contributed by atoms with Crippen molar-refractivity contribution < 1.29 is 19.7 Å². The molecule has 0 spiro atoms. The van der Waals surface area contributed by atoms with Crippen LogP contribution in [0.25, 0.3) is 10.9 Å². The second-order valence-electron chi connectivity index (χ2n) is 10.00.